The van der Waals surface area contributed by atoms with Crippen molar-refractivity contribution in [3.8, 4) is 6.07 Å². The molecule has 0 saturated heterocycles. The fourth-order valence-electron chi connectivity index (χ4n) is 3.34. The minimum atomic E-state index is -4.96. The molecule has 0 amide bonds. The van der Waals surface area contributed by atoms with E-state index in [2.05, 4.69) is 0 Å². The molecule has 174 valence electrons. The van der Waals surface area contributed by atoms with Gasteiger partial charge in [-0.1, -0.05) is 18.2 Å². The van der Waals surface area contributed by atoms with Crippen LogP contribution >= 0.6 is 0 Å². The number of hydrogen-bond acceptors (Lipinski definition) is 7. The van der Waals surface area contributed by atoms with Crippen LogP contribution in [-0.4, -0.2) is 18.3 Å². The Morgan fingerprint density at radius 1 is 0.882 bits per heavy atom. The zero-order valence-corrected chi connectivity index (χ0v) is 17.6. The quantitative estimate of drug-likeness (QED) is 0.350. The Kier molecular flexibility index (Phi) is 6.38. The number of sulfone groups is 1. The van der Waals surface area contributed by atoms with Crippen molar-refractivity contribution in [2.24, 2.45) is 0 Å². The van der Waals surface area contributed by atoms with Crippen LogP contribution in [0.5, 0.6) is 0 Å². The molecule has 0 spiro atoms. The van der Waals surface area contributed by atoms with E-state index in [1.165, 1.54) is 18.2 Å². The smallest absolute Gasteiger partial charge is 0.258 e. The van der Waals surface area contributed by atoms with Crippen LogP contribution in [0.1, 0.15) is 27.5 Å². The molecule has 9 nitrogen and oxygen atoms in total. The molecule has 13 heteroatoms. The van der Waals surface area contributed by atoms with Gasteiger partial charge in [-0.25, -0.2) is 8.42 Å². The number of nitro benzene ring substituents is 2. The van der Waals surface area contributed by atoms with E-state index in [0.717, 1.165) is 30.3 Å². The van der Waals surface area contributed by atoms with E-state index in [9.17, 15) is 47.1 Å². The fourth-order valence-corrected chi connectivity index (χ4v) is 5.21. The molecule has 0 aromatic heterocycles. The van der Waals surface area contributed by atoms with Gasteiger partial charge in [0.2, 0.25) is 0 Å². The van der Waals surface area contributed by atoms with E-state index in [0.29, 0.717) is 18.2 Å². The molecule has 3 aromatic rings. The second-order valence-electron chi connectivity index (χ2n) is 6.91. The van der Waals surface area contributed by atoms with Gasteiger partial charge in [-0.3, -0.25) is 20.2 Å². The molecule has 0 saturated carbocycles. The van der Waals surface area contributed by atoms with Crippen LogP contribution in [0, 0.1) is 31.6 Å². The number of halogens is 3. The number of nitrogens with zero attached hydrogens (tertiary/aromatic N) is 3. The van der Waals surface area contributed by atoms with Crippen molar-refractivity contribution in [3.05, 3.63) is 109 Å². The number of benzene rings is 3. The van der Waals surface area contributed by atoms with Crippen molar-refractivity contribution >= 4 is 21.2 Å². The van der Waals surface area contributed by atoms with Crippen LogP contribution in [0.2, 0.25) is 0 Å². The molecule has 0 N–H and O–H groups in total. The van der Waals surface area contributed by atoms with Crippen LogP contribution in [0.3, 0.4) is 0 Å². The highest BCUT2D eigenvalue weighted by molar-refractivity contribution is 7.92. The molecule has 0 bridgehead atoms. The summed E-state index contributed by atoms with van der Waals surface area (Å²) in [6.45, 7) is 0. The minimum absolute atomic E-state index is 0.339. The lowest BCUT2D eigenvalue weighted by Gasteiger charge is -2.21. The molecular weight excluding hydrogens is 479 g/mol. The average molecular weight is 491 g/mol. The molecule has 0 heterocycles. The molecular formula is C21H12F3N3O6S. The third kappa shape index (κ3) is 4.57. The molecule has 0 aliphatic rings. The zero-order chi connectivity index (χ0) is 25.3. The van der Waals surface area contributed by atoms with Gasteiger partial charge in [-0.05, 0) is 35.9 Å². The maximum atomic E-state index is 13.6. The maximum Gasteiger partial charge on any atom is 0.416 e. The number of alkyl halides is 3. The van der Waals surface area contributed by atoms with Crippen LogP contribution in [-0.2, 0) is 16.0 Å². The van der Waals surface area contributed by atoms with Gasteiger partial charge in [0, 0.05) is 18.2 Å². The summed E-state index contributed by atoms with van der Waals surface area (Å²) in [5, 5.41) is 30.1. The molecule has 0 aliphatic heterocycles. The molecule has 0 fully saturated rings. The molecule has 34 heavy (non-hydrogen) atoms. The van der Waals surface area contributed by atoms with Gasteiger partial charge in [-0.15, -0.1) is 0 Å². The van der Waals surface area contributed by atoms with Crippen molar-refractivity contribution in [2.75, 3.05) is 0 Å². The Morgan fingerprint density at radius 2 is 1.53 bits per heavy atom. The molecule has 0 aliphatic carbocycles. The monoisotopic (exact) mass is 491 g/mol. The van der Waals surface area contributed by atoms with E-state index < -0.39 is 64.7 Å². The van der Waals surface area contributed by atoms with Crippen molar-refractivity contribution < 1.29 is 31.4 Å². The third-order valence-corrected chi connectivity index (χ3v) is 6.92. The lowest BCUT2D eigenvalue weighted by atomic mass is 9.96. The van der Waals surface area contributed by atoms with Gasteiger partial charge in [0.25, 0.3) is 11.4 Å². The summed E-state index contributed by atoms with van der Waals surface area (Å²) in [4.78, 5) is 20.5. The van der Waals surface area contributed by atoms with Gasteiger partial charge in [-0.2, -0.15) is 18.4 Å². The first-order valence-corrected chi connectivity index (χ1v) is 10.8. The summed E-state index contributed by atoms with van der Waals surface area (Å²) in [5.74, 6) is 0. The minimum Gasteiger partial charge on any atom is -0.258 e. The van der Waals surface area contributed by atoms with Gasteiger partial charge in [0.05, 0.1) is 37.5 Å². The van der Waals surface area contributed by atoms with Crippen LogP contribution < -0.4 is 0 Å². The molecule has 0 radical (unpaired) electrons. The highest BCUT2D eigenvalue weighted by Gasteiger charge is 2.40. The van der Waals surface area contributed by atoms with Crippen molar-refractivity contribution in [2.45, 2.75) is 16.3 Å². The Morgan fingerprint density at radius 3 is 2.06 bits per heavy atom. The Balaban J connectivity index is 2.46. The second-order valence-corrected chi connectivity index (χ2v) is 8.94. The largest absolute Gasteiger partial charge is 0.416 e. The highest BCUT2D eigenvalue weighted by Crippen LogP contribution is 2.43. The van der Waals surface area contributed by atoms with Crippen LogP contribution in [0.4, 0.5) is 24.5 Å². The summed E-state index contributed by atoms with van der Waals surface area (Å²) in [6.07, 6.45) is -4.96. The normalized spacial score (nSPS) is 12.5. The SMILES string of the molecule is N#Cc1cc([N+](=O)[O-])ccc1C(c1cc(C(F)(F)F)ccc1[N+](=O)[O-])S(=O)(=O)c1ccccc1. The van der Waals surface area contributed by atoms with Gasteiger partial charge < -0.3 is 0 Å². The Hall–Kier alpha value is -4.31. The van der Waals surface area contributed by atoms with Crippen molar-refractivity contribution in [3.63, 3.8) is 0 Å². The van der Waals surface area contributed by atoms with E-state index in [-0.39, 0.29) is 4.90 Å². The third-order valence-electron chi connectivity index (χ3n) is 4.87. The molecule has 1 unspecified atom stereocenters. The lowest BCUT2D eigenvalue weighted by molar-refractivity contribution is -0.385. The van der Waals surface area contributed by atoms with Gasteiger partial charge >= 0.3 is 6.18 Å². The number of nitro groups is 2. The average Bonchev–Trinajstić information content (AvgIpc) is 2.79. The van der Waals surface area contributed by atoms with Crippen LogP contribution in [0.15, 0.2) is 71.6 Å². The summed E-state index contributed by atoms with van der Waals surface area (Å²) < 4.78 is 67.5. The Bertz CT molecular complexity index is 1430. The predicted octanol–water partition coefficient (Wildman–Crippen LogP) is 4.96. The van der Waals surface area contributed by atoms with Crippen molar-refractivity contribution in [1.29, 1.82) is 5.26 Å². The first-order valence-electron chi connectivity index (χ1n) is 9.21. The number of nitriles is 1. The molecule has 1 atom stereocenters. The van der Waals surface area contributed by atoms with Crippen molar-refractivity contribution in [1.82, 2.24) is 0 Å². The summed E-state index contributed by atoms with van der Waals surface area (Å²) in [6, 6.07) is 11.9. The number of rotatable bonds is 6. The maximum absolute atomic E-state index is 13.6. The molecule has 3 rings (SSSR count). The summed E-state index contributed by atoms with van der Waals surface area (Å²) in [7, 11) is -4.68. The highest BCUT2D eigenvalue weighted by atomic mass is 32.2. The number of non-ortho nitro benzene ring substituents is 1. The molecule has 3 aromatic carbocycles. The van der Waals surface area contributed by atoms with E-state index >= 15 is 0 Å². The van der Waals surface area contributed by atoms with E-state index in [4.69, 9.17) is 0 Å². The number of hydrogen-bond donors (Lipinski definition) is 0. The first-order chi connectivity index (χ1) is 15.9. The topological polar surface area (TPSA) is 144 Å². The Labute approximate surface area is 189 Å². The standard InChI is InChI=1S/C21H12F3N3O6S/c22-21(23,24)14-6-9-19(27(30)31)18(11-14)20(34(32,33)16-4-2-1-3-5-16)17-8-7-15(26(28)29)10-13(17)12-25/h1-11,20H. The van der Waals surface area contributed by atoms with E-state index in [1.54, 1.807) is 6.07 Å². The zero-order valence-electron chi connectivity index (χ0n) is 16.8. The summed E-state index contributed by atoms with van der Waals surface area (Å²) >= 11 is 0. The van der Waals surface area contributed by atoms with Crippen LogP contribution in [0.25, 0.3) is 0 Å². The predicted molar refractivity (Wildman–Crippen MR) is 111 cm³/mol. The summed E-state index contributed by atoms with van der Waals surface area (Å²) in [5.41, 5.74) is -4.67. The van der Waals surface area contributed by atoms with E-state index in [1.807, 2.05) is 0 Å². The second kappa shape index (κ2) is 8.91. The lowest BCUT2D eigenvalue weighted by Crippen LogP contribution is -2.19. The van der Waals surface area contributed by atoms with Gasteiger partial charge in [0.1, 0.15) is 5.25 Å². The fraction of sp³-hybridized carbons (Fsp3) is 0.0952. The first kappa shape index (κ1) is 24.3. The van der Waals surface area contributed by atoms with Gasteiger partial charge in [0.15, 0.2) is 9.84 Å².